The van der Waals surface area contributed by atoms with Crippen LogP contribution < -0.4 is 10.6 Å². The molecule has 20 nitrogen and oxygen atoms in total. The SMILES string of the molecule is CCCCCCCCOCCOCCOCCOCCOCCOCCOCCOCCOCCOCCOCCOCCOCCNc1cccc2c1C(=O)N(C1CCC(=O)NC1=O)C2=O. The van der Waals surface area contributed by atoms with Crippen LogP contribution in [0.25, 0.3) is 0 Å². The second-order valence-corrected chi connectivity index (χ2v) is 15.3. The lowest BCUT2D eigenvalue weighted by atomic mass is 10.0. The topological polar surface area (TPSA) is 216 Å². The van der Waals surface area contributed by atoms with Crippen molar-refractivity contribution < 1.29 is 80.8 Å². The molecular weight excluding hydrogens is 879 g/mol. The summed E-state index contributed by atoms with van der Waals surface area (Å²) < 4.78 is 71.9. The Morgan fingerprint density at radius 2 is 0.851 bits per heavy atom. The van der Waals surface area contributed by atoms with Crippen LogP contribution in [0.2, 0.25) is 0 Å². The van der Waals surface area contributed by atoms with Gasteiger partial charge in [0.1, 0.15) is 6.04 Å². The molecule has 0 spiro atoms. The van der Waals surface area contributed by atoms with Crippen LogP contribution in [-0.2, 0) is 71.2 Å². The Morgan fingerprint density at radius 3 is 1.25 bits per heavy atom. The molecule has 1 saturated heterocycles. The van der Waals surface area contributed by atoms with E-state index >= 15 is 0 Å². The maximum Gasteiger partial charge on any atom is 0.264 e. The fourth-order valence-corrected chi connectivity index (χ4v) is 6.65. The van der Waals surface area contributed by atoms with Gasteiger partial charge >= 0.3 is 0 Å². The van der Waals surface area contributed by atoms with Crippen LogP contribution in [0.3, 0.4) is 0 Å². The molecule has 2 N–H and O–H groups in total. The molecule has 0 saturated carbocycles. The lowest BCUT2D eigenvalue weighted by Gasteiger charge is -2.27. The zero-order chi connectivity index (χ0) is 47.7. The van der Waals surface area contributed by atoms with Gasteiger partial charge in [-0.1, -0.05) is 45.1 Å². The van der Waals surface area contributed by atoms with E-state index in [1.165, 1.54) is 32.1 Å². The van der Waals surface area contributed by atoms with E-state index in [2.05, 4.69) is 17.6 Å². The lowest BCUT2D eigenvalue weighted by molar-refractivity contribution is -0.136. The molecule has 1 aromatic rings. The number of anilines is 1. The van der Waals surface area contributed by atoms with Gasteiger partial charge < -0.3 is 66.9 Å². The molecule has 1 aromatic carbocycles. The van der Waals surface area contributed by atoms with Gasteiger partial charge in [0.05, 0.1) is 176 Å². The van der Waals surface area contributed by atoms with Crippen LogP contribution in [0.5, 0.6) is 0 Å². The van der Waals surface area contributed by atoms with E-state index in [1.54, 1.807) is 18.2 Å². The predicted octanol–water partition coefficient (Wildman–Crippen LogP) is 3.08. The number of fused-ring (bicyclic) bond motifs is 1. The summed E-state index contributed by atoms with van der Waals surface area (Å²) in [5.74, 6) is -2.17. The summed E-state index contributed by atoms with van der Waals surface area (Å²) in [7, 11) is 0. The quantitative estimate of drug-likeness (QED) is 0.0709. The third-order valence-corrected chi connectivity index (χ3v) is 10.1. The smallest absolute Gasteiger partial charge is 0.264 e. The molecule has 1 unspecified atom stereocenters. The van der Waals surface area contributed by atoms with E-state index in [1.807, 2.05) is 0 Å². The number of nitrogens with one attached hydrogen (secondary N) is 2. The van der Waals surface area contributed by atoms with Gasteiger partial charge in [-0.3, -0.25) is 29.4 Å². The number of hydrogen-bond donors (Lipinski definition) is 2. The van der Waals surface area contributed by atoms with Crippen molar-refractivity contribution in [3.63, 3.8) is 0 Å². The number of unbranched alkanes of at least 4 members (excludes halogenated alkanes) is 5. The highest BCUT2D eigenvalue weighted by molar-refractivity contribution is 6.25. The molecule has 0 bridgehead atoms. The van der Waals surface area contributed by atoms with Gasteiger partial charge in [0.15, 0.2) is 0 Å². The highest BCUT2D eigenvalue weighted by atomic mass is 16.6. The maximum atomic E-state index is 13.2. The third-order valence-electron chi connectivity index (χ3n) is 10.1. The molecule has 1 fully saturated rings. The first-order chi connectivity index (χ1) is 33.0. The summed E-state index contributed by atoms with van der Waals surface area (Å²) in [6.45, 7) is 15.4. The van der Waals surface area contributed by atoms with Gasteiger partial charge in [-0.25, -0.2) is 0 Å². The summed E-state index contributed by atoms with van der Waals surface area (Å²) in [5.41, 5.74) is 0.904. The fraction of sp³-hybridized carbons (Fsp3) is 0.787. The normalized spacial score (nSPS) is 14.9. The first-order valence-electron chi connectivity index (χ1n) is 24.1. The summed E-state index contributed by atoms with van der Waals surface area (Å²) in [4.78, 5) is 51.0. The summed E-state index contributed by atoms with van der Waals surface area (Å²) in [6, 6.07) is 3.90. The Hall–Kier alpha value is -3.22. The molecule has 0 aliphatic carbocycles. The van der Waals surface area contributed by atoms with Crippen molar-refractivity contribution >= 4 is 29.3 Å². The Bertz CT molecular complexity index is 1440. The van der Waals surface area contributed by atoms with Crippen molar-refractivity contribution in [3.05, 3.63) is 29.3 Å². The molecule has 0 aromatic heterocycles. The van der Waals surface area contributed by atoms with Crippen molar-refractivity contribution in [2.24, 2.45) is 0 Å². The second-order valence-electron chi connectivity index (χ2n) is 15.3. The highest BCUT2D eigenvalue weighted by Gasteiger charge is 2.45. The fourth-order valence-electron chi connectivity index (χ4n) is 6.65. The van der Waals surface area contributed by atoms with Gasteiger partial charge in [-0.05, 0) is 25.0 Å². The van der Waals surface area contributed by atoms with E-state index in [0.29, 0.717) is 177 Å². The van der Waals surface area contributed by atoms with E-state index in [0.717, 1.165) is 17.9 Å². The molecule has 2 aliphatic heterocycles. The lowest BCUT2D eigenvalue weighted by Crippen LogP contribution is -2.54. The number of carbonyl (C=O) groups is 4. The molecule has 67 heavy (non-hydrogen) atoms. The van der Waals surface area contributed by atoms with Crippen LogP contribution in [0.4, 0.5) is 5.69 Å². The molecule has 0 radical (unpaired) electrons. The summed E-state index contributed by atoms with van der Waals surface area (Å²) >= 11 is 0. The molecule has 1 atom stereocenters. The van der Waals surface area contributed by atoms with Crippen LogP contribution in [0, 0.1) is 0 Å². The maximum absolute atomic E-state index is 13.2. The first-order valence-corrected chi connectivity index (χ1v) is 24.1. The molecular formula is C47H79N3O17. The van der Waals surface area contributed by atoms with Gasteiger partial charge in [-0.2, -0.15) is 0 Å². The number of nitrogens with zero attached hydrogens (tertiary/aromatic N) is 1. The standard InChI is InChI=1S/C47H79N3O17/c1-2-3-4-5-6-7-14-55-16-18-57-20-22-59-24-26-61-28-30-63-32-34-65-36-38-67-39-37-66-35-33-64-31-29-62-27-25-60-23-21-58-19-17-56-15-13-48-41-10-8-9-40-44(41)47(54)50(46(40)53)42-11-12-43(51)49-45(42)52/h8-10,42,48H,2-7,11-39H2,1H3,(H,49,51,52). The van der Waals surface area contributed by atoms with Crippen LogP contribution in [0.15, 0.2) is 18.2 Å². The first kappa shape index (κ1) is 58.1. The summed E-state index contributed by atoms with van der Waals surface area (Å²) in [6.07, 6.45) is 7.79. The van der Waals surface area contributed by atoms with Gasteiger partial charge in [0.2, 0.25) is 11.8 Å². The molecule has 3 rings (SSSR count). The molecule has 2 heterocycles. The van der Waals surface area contributed by atoms with Crippen LogP contribution >= 0.6 is 0 Å². The average Bonchev–Trinajstić information content (AvgIpc) is 3.58. The van der Waals surface area contributed by atoms with Crippen molar-refractivity contribution in [1.82, 2.24) is 10.2 Å². The van der Waals surface area contributed by atoms with Crippen molar-refractivity contribution in [2.75, 3.05) is 184 Å². The van der Waals surface area contributed by atoms with Crippen molar-refractivity contribution in [3.8, 4) is 0 Å². The third kappa shape index (κ3) is 27.5. The minimum atomic E-state index is -1.01. The number of carbonyl (C=O) groups excluding carboxylic acids is 4. The number of benzene rings is 1. The second kappa shape index (κ2) is 40.6. The van der Waals surface area contributed by atoms with Crippen LogP contribution in [0.1, 0.15) is 79.0 Å². The van der Waals surface area contributed by atoms with Gasteiger partial charge in [0, 0.05) is 25.3 Å². The Kier molecular flexibility index (Phi) is 35.2. The minimum Gasteiger partial charge on any atom is -0.382 e. The average molecular weight is 958 g/mol. The zero-order valence-electron chi connectivity index (χ0n) is 39.9. The number of hydrogen-bond acceptors (Lipinski definition) is 18. The largest absolute Gasteiger partial charge is 0.382 e. The molecule has 20 heteroatoms. The number of amides is 4. The van der Waals surface area contributed by atoms with E-state index < -0.39 is 29.7 Å². The molecule has 384 valence electrons. The summed E-state index contributed by atoms with van der Waals surface area (Å²) in [5, 5.41) is 5.34. The zero-order valence-corrected chi connectivity index (χ0v) is 39.9. The van der Waals surface area contributed by atoms with Crippen molar-refractivity contribution in [1.29, 1.82) is 0 Å². The molecule has 4 amide bonds. The number of ether oxygens (including phenoxy) is 13. The Balaban J connectivity index is 0.938. The number of imide groups is 2. The van der Waals surface area contributed by atoms with Crippen molar-refractivity contribution in [2.45, 2.75) is 64.3 Å². The van der Waals surface area contributed by atoms with E-state index in [-0.39, 0.29) is 24.0 Å². The van der Waals surface area contributed by atoms with E-state index in [9.17, 15) is 19.2 Å². The van der Waals surface area contributed by atoms with E-state index in [4.69, 9.17) is 61.6 Å². The predicted molar refractivity (Wildman–Crippen MR) is 246 cm³/mol. The number of rotatable bonds is 48. The minimum absolute atomic E-state index is 0.0639. The Morgan fingerprint density at radius 1 is 0.478 bits per heavy atom. The monoisotopic (exact) mass is 958 g/mol. The number of piperidine rings is 1. The van der Waals surface area contributed by atoms with Gasteiger partial charge in [-0.15, -0.1) is 0 Å². The Labute approximate surface area is 396 Å². The molecule has 2 aliphatic rings. The van der Waals surface area contributed by atoms with Crippen LogP contribution in [-0.4, -0.2) is 213 Å². The van der Waals surface area contributed by atoms with Gasteiger partial charge in [0.25, 0.3) is 11.8 Å². The highest BCUT2D eigenvalue weighted by Crippen LogP contribution is 2.32.